The highest BCUT2D eigenvalue weighted by molar-refractivity contribution is 5.17. The van der Waals surface area contributed by atoms with Crippen molar-refractivity contribution in [1.82, 2.24) is 0 Å². The Kier molecular flexibility index (Phi) is 13.0. The lowest BCUT2D eigenvalue weighted by Gasteiger charge is -2.11. The van der Waals surface area contributed by atoms with Gasteiger partial charge < -0.3 is 0 Å². The third-order valence-electron chi connectivity index (χ3n) is 5.04. The van der Waals surface area contributed by atoms with Crippen molar-refractivity contribution in [2.24, 2.45) is 0 Å². The summed E-state index contributed by atoms with van der Waals surface area (Å²) in [7, 11) is 0. The Morgan fingerprint density at radius 1 is 0.783 bits per heavy atom. The number of rotatable bonds is 15. The monoisotopic (exact) mass is 315 g/mol. The number of unbranched alkanes of at least 4 members (excludes halogenated alkanes) is 12. The minimum absolute atomic E-state index is 0.695. The Hall–Kier alpha value is -0.780. The fourth-order valence-corrected chi connectivity index (χ4v) is 3.35. The second-order valence-electron chi connectivity index (χ2n) is 7.27. The standard InChI is InChI=1S/C23H39/c1-3-4-5-6-7-8-9-10-11-12-13-14-16-19-22(2)23-20-17-15-18-21-23/h15,17,20-22H,3-14,16,19H2,1-2H3. The van der Waals surface area contributed by atoms with E-state index >= 15 is 0 Å². The fourth-order valence-electron chi connectivity index (χ4n) is 3.35. The molecule has 0 heteroatoms. The van der Waals surface area contributed by atoms with E-state index < -0.39 is 0 Å². The highest BCUT2D eigenvalue weighted by Gasteiger charge is 2.04. The summed E-state index contributed by atoms with van der Waals surface area (Å²) in [5, 5.41) is 0. The predicted molar refractivity (Wildman–Crippen MR) is 104 cm³/mol. The first-order chi connectivity index (χ1) is 11.3. The van der Waals surface area contributed by atoms with Crippen molar-refractivity contribution in [2.75, 3.05) is 0 Å². The van der Waals surface area contributed by atoms with Crippen LogP contribution < -0.4 is 0 Å². The van der Waals surface area contributed by atoms with Crippen molar-refractivity contribution in [3.05, 3.63) is 35.9 Å². The Morgan fingerprint density at radius 2 is 1.30 bits per heavy atom. The lowest BCUT2D eigenvalue weighted by atomic mass is 9.95. The minimum atomic E-state index is 0.695. The number of hydrogen-bond acceptors (Lipinski definition) is 0. The summed E-state index contributed by atoms with van der Waals surface area (Å²) in [6, 6.07) is 11.7. The Bertz CT molecular complexity index is 340. The van der Waals surface area contributed by atoms with Crippen LogP contribution in [-0.2, 0) is 0 Å². The Labute approximate surface area is 146 Å². The van der Waals surface area contributed by atoms with Gasteiger partial charge >= 0.3 is 0 Å². The molecule has 0 aliphatic rings. The molecule has 0 saturated heterocycles. The smallest absolute Gasteiger partial charge is 0.0181 e. The first-order valence-electron chi connectivity index (χ1n) is 10.3. The van der Waals surface area contributed by atoms with Gasteiger partial charge in [-0.05, 0) is 24.0 Å². The van der Waals surface area contributed by atoms with Crippen LogP contribution in [0.5, 0.6) is 0 Å². The molecule has 0 fully saturated rings. The van der Waals surface area contributed by atoms with E-state index in [0.717, 1.165) is 0 Å². The lowest BCUT2D eigenvalue weighted by molar-refractivity contribution is 0.526. The molecule has 23 heavy (non-hydrogen) atoms. The van der Waals surface area contributed by atoms with Crippen molar-refractivity contribution in [1.29, 1.82) is 0 Å². The van der Waals surface area contributed by atoms with Gasteiger partial charge in [0.15, 0.2) is 0 Å². The van der Waals surface area contributed by atoms with Crippen LogP contribution in [0.1, 0.15) is 115 Å². The van der Waals surface area contributed by atoms with E-state index in [1.807, 2.05) is 6.07 Å². The molecule has 1 rings (SSSR count). The predicted octanol–water partition coefficient (Wildman–Crippen LogP) is 8.07. The first kappa shape index (κ1) is 20.3. The second-order valence-corrected chi connectivity index (χ2v) is 7.27. The highest BCUT2D eigenvalue weighted by atomic mass is 14.1. The summed E-state index contributed by atoms with van der Waals surface area (Å²) in [6.45, 7) is 4.64. The maximum Gasteiger partial charge on any atom is -0.0181 e. The van der Waals surface area contributed by atoms with Crippen molar-refractivity contribution < 1.29 is 0 Å². The van der Waals surface area contributed by atoms with Crippen molar-refractivity contribution in [2.45, 2.75) is 110 Å². The SMILES string of the molecule is CCCCCCCCCCCCCCCC(C)c1c[c]ccc1. The van der Waals surface area contributed by atoms with Crippen LogP contribution in [-0.4, -0.2) is 0 Å². The zero-order valence-electron chi connectivity index (χ0n) is 15.8. The molecular weight excluding hydrogens is 276 g/mol. The topological polar surface area (TPSA) is 0 Å². The molecule has 1 aromatic carbocycles. The van der Waals surface area contributed by atoms with Crippen LogP contribution in [0.15, 0.2) is 24.3 Å². The Morgan fingerprint density at radius 3 is 1.78 bits per heavy atom. The van der Waals surface area contributed by atoms with E-state index in [2.05, 4.69) is 38.1 Å². The molecule has 0 aliphatic heterocycles. The van der Waals surface area contributed by atoms with E-state index in [-0.39, 0.29) is 0 Å². The third kappa shape index (κ3) is 11.4. The normalized spacial score (nSPS) is 12.4. The maximum atomic E-state index is 3.19. The van der Waals surface area contributed by atoms with Crippen LogP contribution >= 0.6 is 0 Å². The van der Waals surface area contributed by atoms with E-state index in [1.54, 1.807) is 0 Å². The van der Waals surface area contributed by atoms with Gasteiger partial charge in [0.05, 0.1) is 0 Å². The highest BCUT2D eigenvalue weighted by Crippen LogP contribution is 2.22. The molecule has 0 saturated carbocycles. The average Bonchev–Trinajstić information content (AvgIpc) is 2.59. The van der Waals surface area contributed by atoms with Crippen molar-refractivity contribution >= 4 is 0 Å². The molecule has 0 spiro atoms. The van der Waals surface area contributed by atoms with Crippen molar-refractivity contribution in [3.8, 4) is 0 Å². The molecule has 0 amide bonds. The van der Waals surface area contributed by atoms with E-state index in [1.165, 1.54) is 95.5 Å². The summed E-state index contributed by atoms with van der Waals surface area (Å²) in [5.74, 6) is 0.695. The quantitative estimate of drug-likeness (QED) is 0.287. The second kappa shape index (κ2) is 14.8. The van der Waals surface area contributed by atoms with Gasteiger partial charge in [0.1, 0.15) is 0 Å². The molecule has 0 N–H and O–H groups in total. The molecule has 1 radical (unpaired) electrons. The van der Waals surface area contributed by atoms with E-state index in [4.69, 9.17) is 0 Å². The number of hydrogen-bond donors (Lipinski definition) is 0. The third-order valence-corrected chi connectivity index (χ3v) is 5.04. The van der Waals surface area contributed by atoms with Crippen LogP contribution in [0.25, 0.3) is 0 Å². The molecule has 1 aromatic rings. The maximum absolute atomic E-state index is 3.19. The summed E-state index contributed by atoms with van der Waals surface area (Å²) in [6.07, 6.45) is 20.0. The molecule has 0 nitrogen and oxygen atoms in total. The van der Waals surface area contributed by atoms with E-state index in [0.29, 0.717) is 5.92 Å². The van der Waals surface area contributed by atoms with Crippen LogP contribution in [0, 0.1) is 6.07 Å². The molecule has 1 unspecified atom stereocenters. The Balaban J connectivity index is 1.81. The largest absolute Gasteiger partial charge is 0.0654 e. The van der Waals surface area contributed by atoms with Gasteiger partial charge in [-0.1, -0.05) is 122 Å². The van der Waals surface area contributed by atoms with Gasteiger partial charge in [-0.15, -0.1) is 0 Å². The molecule has 0 aromatic heterocycles. The molecule has 0 aliphatic carbocycles. The summed E-state index contributed by atoms with van der Waals surface area (Å²) < 4.78 is 0. The summed E-state index contributed by atoms with van der Waals surface area (Å²) in [4.78, 5) is 0. The lowest BCUT2D eigenvalue weighted by Crippen LogP contribution is -1.93. The molecule has 0 heterocycles. The first-order valence-corrected chi connectivity index (χ1v) is 10.3. The molecule has 131 valence electrons. The fraction of sp³-hybridized carbons (Fsp3) is 0.739. The molecular formula is C23H39. The van der Waals surface area contributed by atoms with Gasteiger partial charge in [0, 0.05) is 0 Å². The average molecular weight is 316 g/mol. The van der Waals surface area contributed by atoms with Crippen LogP contribution in [0.4, 0.5) is 0 Å². The molecule has 0 bridgehead atoms. The van der Waals surface area contributed by atoms with Gasteiger partial charge in [0.2, 0.25) is 0 Å². The summed E-state index contributed by atoms with van der Waals surface area (Å²) >= 11 is 0. The molecule has 1 atom stereocenters. The van der Waals surface area contributed by atoms with Crippen molar-refractivity contribution in [3.63, 3.8) is 0 Å². The van der Waals surface area contributed by atoms with Crippen LogP contribution in [0.2, 0.25) is 0 Å². The van der Waals surface area contributed by atoms with Gasteiger partial charge in [-0.3, -0.25) is 0 Å². The van der Waals surface area contributed by atoms with Crippen LogP contribution in [0.3, 0.4) is 0 Å². The minimum Gasteiger partial charge on any atom is -0.0654 e. The number of benzene rings is 1. The van der Waals surface area contributed by atoms with Gasteiger partial charge in [-0.2, -0.15) is 0 Å². The summed E-state index contributed by atoms with van der Waals surface area (Å²) in [5.41, 5.74) is 1.45. The van der Waals surface area contributed by atoms with E-state index in [9.17, 15) is 0 Å². The van der Waals surface area contributed by atoms with Gasteiger partial charge in [0.25, 0.3) is 0 Å². The van der Waals surface area contributed by atoms with Gasteiger partial charge in [-0.25, -0.2) is 0 Å². The zero-order chi connectivity index (χ0) is 16.6. The zero-order valence-corrected chi connectivity index (χ0v) is 15.8.